The predicted molar refractivity (Wildman–Crippen MR) is 77.0 cm³/mol. The van der Waals surface area contributed by atoms with Gasteiger partial charge in [-0.3, -0.25) is 0 Å². The summed E-state index contributed by atoms with van der Waals surface area (Å²) in [7, 11) is 0. The number of amides is 2. The lowest BCUT2D eigenvalue weighted by molar-refractivity contribution is 0.0774. The van der Waals surface area contributed by atoms with E-state index in [9.17, 15) is 13.6 Å². The molecule has 1 rings (SSSR count). The molecule has 1 unspecified atom stereocenters. The lowest BCUT2D eigenvalue weighted by Crippen LogP contribution is -2.37. The van der Waals surface area contributed by atoms with Gasteiger partial charge in [0, 0.05) is 13.2 Å². The molecule has 1 aromatic carbocycles. The number of nitrogens with one attached hydrogen (secondary N) is 2. The molecule has 21 heavy (non-hydrogen) atoms. The summed E-state index contributed by atoms with van der Waals surface area (Å²) in [5, 5.41) is 5.35. The quantitative estimate of drug-likeness (QED) is 0.760. The van der Waals surface area contributed by atoms with Crippen molar-refractivity contribution in [2.24, 2.45) is 0 Å². The summed E-state index contributed by atoms with van der Waals surface area (Å²) in [6, 6.07) is 2.81. The van der Waals surface area contributed by atoms with E-state index in [2.05, 4.69) is 10.6 Å². The van der Waals surface area contributed by atoms with Crippen LogP contribution in [-0.2, 0) is 4.74 Å². The molecule has 0 fully saturated rings. The largest absolute Gasteiger partial charge is 0.379 e. The second-order valence-electron chi connectivity index (χ2n) is 5.07. The molecule has 0 saturated carbocycles. The van der Waals surface area contributed by atoms with Crippen LogP contribution in [0.1, 0.15) is 38.8 Å². The maximum absolute atomic E-state index is 13.1. The number of urea groups is 1. The molecule has 0 aliphatic heterocycles. The molecule has 0 radical (unpaired) electrons. The van der Waals surface area contributed by atoms with Crippen molar-refractivity contribution < 1.29 is 18.3 Å². The van der Waals surface area contributed by atoms with Gasteiger partial charge in [-0.2, -0.15) is 0 Å². The number of carbonyl (C=O) groups excluding carboxylic acids is 1. The smallest absolute Gasteiger partial charge is 0.315 e. The Bertz CT molecular complexity index is 467. The van der Waals surface area contributed by atoms with Gasteiger partial charge in [-0.05, 0) is 44.9 Å². The molecular formula is C15H22F2N2O2. The summed E-state index contributed by atoms with van der Waals surface area (Å²) in [5.41, 5.74) is 0.507. The highest BCUT2D eigenvalue weighted by Gasteiger charge is 2.11. The van der Waals surface area contributed by atoms with Crippen molar-refractivity contribution in [1.29, 1.82) is 0 Å². The van der Waals surface area contributed by atoms with E-state index in [0.29, 0.717) is 25.1 Å². The Morgan fingerprint density at radius 1 is 1.24 bits per heavy atom. The van der Waals surface area contributed by atoms with E-state index < -0.39 is 17.7 Å². The average molecular weight is 300 g/mol. The molecule has 0 aromatic heterocycles. The summed E-state index contributed by atoms with van der Waals surface area (Å²) >= 11 is 0. The van der Waals surface area contributed by atoms with E-state index >= 15 is 0 Å². The van der Waals surface area contributed by atoms with E-state index in [4.69, 9.17) is 4.74 Å². The minimum Gasteiger partial charge on any atom is -0.379 e. The summed E-state index contributed by atoms with van der Waals surface area (Å²) in [6.45, 7) is 6.67. The Balaban J connectivity index is 2.31. The van der Waals surface area contributed by atoms with E-state index in [0.717, 1.165) is 12.1 Å². The fourth-order valence-electron chi connectivity index (χ4n) is 1.71. The van der Waals surface area contributed by atoms with Crippen LogP contribution in [0.2, 0.25) is 0 Å². The molecule has 0 aliphatic rings. The Hall–Kier alpha value is -1.69. The minimum absolute atomic E-state index is 0.173. The average Bonchev–Trinajstić information content (AvgIpc) is 2.41. The van der Waals surface area contributed by atoms with Gasteiger partial charge >= 0.3 is 6.03 Å². The second kappa shape index (κ2) is 8.56. The highest BCUT2D eigenvalue weighted by atomic mass is 19.2. The summed E-state index contributed by atoms with van der Waals surface area (Å²) in [6.07, 6.45) is 0.887. The zero-order chi connectivity index (χ0) is 15.8. The lowest BCUT2D eigenvalue weighted by atomic mass is 10.1. The highest BCUT2D eigenvalue weighted by molar-refractivity contribution is 5.74. The summed E-state index contributed by atoms with van der Waals surface area (Å²) in [4.78, 5) is 11.6. The Morgan fingerprint density at radius 3 is 2.57 bits per heavy atom. The first-order chi connectivity index (χ1) is 9.90. The summed E-state index contributed by atoms with van der Waals surface area (Å²) < 4.78 is 31.3. The third kappa shape index (κ3) is 6.53. The molecule has 0 heterocycles. The van der Waals surface area contributed by atoms with Crippen molar-refractivity contribution in [2.75, 3.05) is 13.2 Å². The number of hydrogen-bond acceptors (Lipinski definition) is 2. The van der Waals surface area contributed by atoms with E-state index in [-0.39, 0.29) is 12.1 Å². The van der Waals surface area contributed by atoms with Crippen LogP contribution in [0.25, 0.3) is 0 Å². The maximum atomic E-state index is 13.1. The zero-order valence-corrected chi connectivity index (χ0v) is 12.6. The van der Waals surface area contributed by atoms with E-state index in [1.54, 1.807) is 6.92 Å². The maximum Gasteiger partial charge on any atom is 0.315 e. The lowest BCUT2D eigenvalue weighted by Gasteiger charge is -2.15. The van der Waals surface area contributed by atoms with Crippen LogP contribution in [0.15, 0.2) is 18.2 Å². The molecule has 0 bridgehead atoms. The Morgan fingerprint density at radius 2 is 1.95 bits per heavy atom. The number of benzene rings is 1. The van der Waals surface area contributed by atoms with Crippen molar-refractivity contribution in [3.8, 4) is 0 Å². The van der Waals surface area contributed by atoms with Crippen LogP contribution in [0, 0.1) is 11.6 Å². The molecule has 0 spiro atoms. The van der Waals surface area contributed by atoms with E-state index in [1.807, 2.05) is 13.8 Å². The molecular weight excluding hydrogens is 278 g/mol. The zero-order valence-electron chi connectivity index (χ0n) is 12.6. The van der Waals surface area contributed by atoms with Crippen molar-refractivity contribution >= 4 is 6.03 Å². The standard InChI is InChI=1S/C15H22F2N2O2/c1-10(2)21-8-4-7-18-15(20)19-11(3)12-5-6-13(16)14(17)9-12/h5-6,9-11H,4,7-8H2,1-3H3,(H2,18,19,20). The first-order valence-electron chi connectivity index (χ1n) is 7.01. The fraction of sp³-hybridized carbons (Fsp3) is 0.533. The van der Waals surface area contributed by atoms with Crippen molar-refractivity contribution in [3.63, 3.8) is 0 Å². The number of halogens is 2. The number of ether oxygens (including phenoxy) is 1. The van der Waals surface area contributed by atoms with Gasteiger partial charge in [-0.1, -0.05) is 6.07 Å². The first kappa shape index (κ1) is 17.4. The third-order valence-electron chi connectivity index (χ3n) is 2.85. The molecule has 4 nitrogen and oxygen atoms in total. The fourth-order valence-corrected chi connectivity index (χ4v) is 1.71. The molecule has 0 saturated heterocycles. The van der Waals surface area contributed by atoms with Crippen LogP contribution in [0.5, 0.6) is 0 Å². The first-order valence-corrected chi connectivity index (χ1v) is 7.01. The van der Waals surface area contributed by atoms with Gasteiger partial charge in [0.2, 0.25) is 0 Å². The van der Waals surface area contributed by atoms with Crippen molar-refractivity contribution in [1.82, 2.24) is 10.6 Å². The van der Waals surface area contributed by atoms with Crippen LogP contribution in [0.3, 0.4) is 0 Å². The van der Waals surface area contributed by atoms with E-state index in [1.165, 1.54) is 6.07 Å². The van der Waals surface area contributed by atoms with Crippen LogP contribution < -0.4 is 10.6 Å². The normalized spacial score (nSPS) is 12.3. The van der Waals surface area contributed by atoms with Crippen LogP contribution in [0.4, 0.5) is 13.6 Å². The van der Waals surface area contributed by atoms with Crippen molar-refractivity contribution in [3.05, 3.63) is 35.4 Å². The Labute approximate surface area is 123 Å². The minimum atomic E-state index is -0.924. The van der Waals surface area contributed by atoms with Gasteiger partial charge in [-0.15, -0.1) is 0 Å². The SMILES string of the molecule is CC(C)OCCCNC(=O)NC(C)c1ccc(F)c(F)c1. The molecule has 118 valence electrons. The van der Waals surface area contributed by atoms with Gasteiger partial charge in [0.25, 0.3) is 0 Å². The highest BCUT2D eigenvalue weighted by Crippen LogP contribution is 2.15. The molecule has 0 aliphatic carbocycles. The summed E-state index contributed by atoms with van der Waals surface area (Å²) in [5.74, 6) is -1.83. The van der Waals surface area contributed by atoms with Crippen molar-refractivity contribution in [2.45, 2.75) is 39.3 Å². The third-order valence-corrected chi connectivity index (χ3v) is 2.85. The van der Waals surface area contributed by atoms with Gasteiger partial charge in [0.1, 0.15) is 0 Å². The Kier molecular flexibility index (Phi) is 7.08. The molecule has 1 atom stereocenters. The predicted octanol–water partition coefficient (Wildman–Crippen LogP) is 3.14. The van der Waals surface area contributed by atoms with Gasteiger partial charge < -0.3 is 15.4 Å². The van der Waals surface area contributed by atoms with Gasteiger partial charge in [0.15, 0.2) is 11.6 Å². The molecule has 2 N–H and O–H groups in total. The molecule has 1 aromatic rings. The monoisotopic (exact) mass is 300 g/mol. The van der Waals surface area contributed by atoms with Crippen LogP contribution in [-0.4, -0.2) is 25.3 Å². The number of hydrogen-bond donors (Lipinski definition) is 2. The second-order valence-corrected chi connectivity index (χ2v) is 5.07. The van der Waals surface area contributed by atoms with Gasteiger partial charge in [0.05, 0.1) is 12.1 Å². The number of rotatable bonds is 7. The van der Waals surface area contributed by atoms with Crippen LogP contribution >= 0.6 is 0 Å². The topological polar surface area (TPSA) is 50.4 Å². The number of carbonyl (C=O) groups is 1. The molecule has 2 amide bonds. The van der Waals surface area contributed by atoms with Gasteiger partial charge in [-0.25, -0.2) is 13.6 Å². The molecule has 6 heteroatoms.